The summed E-state index contributed by atoms with van der Waals surface area (Å²) in [5.74, 6) is 2.25. The lowest BCUT2D eigenvalue weighted by atomic mass is 10.2. The van der Waals surface area contributed by atoms with Crippen molar-refractivity contribution in [3.8, 4) is 5.75 Å². The predicted molar refractivity (Wildman–Crippen MR) is 110 cm³/mol. The quantitative estimate of drug-likeness (QED) is 0.678. The van der Waals surface area contributed by atoms with Gasteiger partial charge < -0.3 is 15.0 Å². The van der Waals surface area contributed by atoms with Crippen LogP contribution >= 0.6 is 0 Å². The summed E-state index contributed by atoms with van der Waals surface area (Å²) in [5.41, 5.74) is 10.9. The van der Waals surface area contributed by atoms with E-state index < -0.39 is 0 Å². The maximum Gasteiger partial charge on any atom is 0.174 e. The number of allylic oxidation sites excluding steroid dienone is 1. The summed E-state index contributed by atoms with van der Waals surface area (Å²) in [7, 11) is 1.67. The van der Waals surface area contributed by atoms with E-state index in [1.54, 1.807) is 7.11 Å². The van der Waals surface area contributed by atoms with Crippen molar-refractivity contribution in [2.75, 3.05) is 12.8 Å². The summed E-state index contributed by atoms with van der Waals surface area (Å²) in [4.78, 5) is 4.83. The average molecular weight is 365 g/mol. The summed E-state index contributed by atoms with van der Waals surface area (Å²) < 4.78 is 7.50. The van der Waals surface area contributed by atoms with Gasteiger partial charge in [-0.3, -0.25) is 0 Å². The molecule has 0 atom stereocenters. The van der Waals surface area contributed by atoms with Crippen molar-refractivity contribution in [3.05, 3.63) is 46.9 Å². The van der Waals surface area contributed by atoms with Crippen LogP contribution in [0.1, 0.15) is 50.7 Å². The van der Waals surface area contributed by atoms with Gasteiger partial charge in [0.15, 0.2) is 5.82 Å². The number of rotatable bonds is 7. The molecule has 0 unspecified atom stereocenters. The van der Waals surface area contributed by atoms with Crippen LogP contribution in [-0.4, -0.2) is 26.9 Å². The Labute approximate surface area is 160 Å². The van der Waals surface area contributed by atoms with Crippen LogP contribution in [0.2, 0.25) is 0 Å². The van der Waals surface area contributed by atoms with Crippen molar-refractivity contribution in [2.24, 2.45) is 0 Å². The van der Waals surface area contributed by atoms with Crippen molar-refractivity contribution in [3.63, 3.8) is 0 Å². The number of fused-ring (bicyclic) bond motifs is 1. The molecule has 2 aromatic heterocycles. The number of aryl methyl sites for hydroxylation is 1. The molecule has 3 aromatic rings. The molecule has 142 valence electrons. The lowest BCUT2D eigenvalue weighted by Crippen LogP contribution is -2.07. The molecular formula is C21H27N5O. The number of unbranched alkanes of at least 4 members (excludes halogenated alkanes) is 1. The number of benzene rings is 1. The largest absolute Gasteiger partial charge is 0.497 e. The molecule has 6 nitrogen and oxygen atoms in total. The molecule has 1 aromatic carbocycles. The maximum atomic E-state index is 6.11. The van der Waals surface area contributed by atoms with E-state index in [1.807, 2.05) is 32.1 Å². The zero-order valence-corrected chi connectivity index (χ0v) is 16.5. The van der Waals surface area contributed by atoms with E-state index in [1.165, 1.54) is 5.56 Å². The number of nitrogen functional groups attached to an aromatic ring is 1. The van der Waals surface area contributed by atoms with Gasteiger partial charge in [-0.25, -0.2) is 4.98 Å². The van der Waals surface area contributed by atoms with Crippen molar-refractivity contribution >= 4 is 22.9 Å². The number of hydrogen-bond acceptors (Lipinski definition) is 5. The molecule has 2 heterocycles. The monoisotopic (exact) mass is 365 g/mol. The number of aromatic nitrogens is 4. The van der Waals surface area contributed by atoms with Crippen LogP contribution in [0.3, 0.4) is 0 Å². The number of nitrogens with two attached hydrogens (primary N) is 1. The van der Waals surface area contributed by atoms with E-state index in [-0.39, 0.29) is 0 Å². The SMILES string of the molecule is CCCCc1nc2c(N)nnc(C=C(C)C)c2n1Cc1ccc(OC)cc1. The lowest BCUT2D eigenvalue weighted by molar-refractivity contribution is 0.414. The van der Waals surface area contributed by atoms with Crippen LogP contribution in [0.15, 0.2) is 29.8 Å². The van der Waals surface area contributed by atoms with Gasteiger partial charge in [0, 0.05) is 13.0 Å². The van der Waals surface area contributed by atoms with Crippen LogP contribution in [0.4, 0.5) is 5.82 Å². The molecule has 0 fully saturated rings. The predicted octanol–water partition coefficient (Wildman–Crippen LogP) is 4.23. The molecule has 0 saturated carbocycles. The highest BCUT2D eigenvalue weighted by Gasteiger charge is 2.18. The average Bonchev–Trinajstić information content (AvgIpc) is 3.02. The number of methoxy groups -OCH3 is 1. The highest BCUT2D eigenvalue weighted by Crippen LogP contribution is 2.26. The zero-order chi connectivity index (χ0) is 19.4. The smallest absolute Gasteiger partial charge is 0.174 e. The fourth-order valence-electron chi connectivity index (χ4n) is 3.12. The van der Waals surface area contributed by atoms with Crippen LogP contribution in [-0.2, 0) is 13.0 Å². The Balaban J connectivity index is 2.16. The van der Waals surface area contributed by atoms with Gasteiger partial charge >= 0.3 is 0 Å². The van der Waals surface area contributed by atoms with Gasteiger partial charge in [0.25, 0.3) is 0 Å². The fraction of sp³-hybridized carbons (Fsp3) is 0.381. The maximum absolute atomic E-state index is 6.11. The molecule has 27 heavy (non-hydrogen) atoms. The van der Waals surface area contributed by atoms with Gasteiger partial charge in [-0.15, -0.1) is 10.2 Å². The normalized spacial score (nSPS) is 11.0. The first kappa shape index (κ1) is 18.9. The van der Waals surface area contributed by atoms with Crippen LogP contribution in [0, 0.1) is 0 Å². The van der Waals surface area contributed by atoms with E-state index in [0.717, 1.165) is 53.1 Å². The van der Waals surface area contributed by atoms with Gasteiger partial charge in [0.2, 0.25) is 0 Å². The van der Waals surface area contributed by atoms with Gasteiger partial charge in [-0.1, -0.05) is 31.1 Å². The zero-order valence-electron chi connectivity index (χ0n) is 16.5. The van der Waals surface area contributed by atoms with Crippen molar-refractivity contribution in [2.45, 2.75) is 46.6 Å². The number of ether oxygens (including phenoxy) is 1. The Bertz CT molecular complexity index is 953. The molecule has 0 saturated heterocycles. The Morgan fingerprint density at radius 1 is 1.19 bits per heavy atom. The van der Waals surface area contributed by atoms with E-state index in [2.05, 4.69) is 33.8 Å². The minimum Gasteiger partial charge on any atom is -0.497 e. The number of nitrogens with zero attached hydrogens (tertiary/aromatic N) is 4. The van der Waals surface area contributed by atoms with Gasteiger partial charge in [0.1, 0.15) is 28.3 Å². The third-order valence-corrected chi connectivity index (χ3v) is 4.48. The molecule has 3 rings (SSSR count). The molecule has 2 N–H and O–H groups in total. The van der Waals surface area contributed by atoms with E-state index in [0.29, 0.717) is 12.4 Å². The Hall–Kier alpha value is -2.89. The highest BCUT2D eigenvalue weighted by molar-refractivity contribution is 5.90. The minimum atomic E-state index is 0.377. The molecular weight excluding hydrogens is 338 g/mol. The molecule has 0 radical (unpaired) electrons. The van der Waals surface area contributed by atoms with Crippen LogP contribution in [0.5, 0.6) is 5.75 Å². The molecule has 0 aliphatic rings. The third kappa shape index (κ3) is 4.10. The molecule has 0 aliphatic carbocycles. The van der Waals surface area contributed by atoms with Gasteiger partial charge in [0.05, 0.1) is 7.11 Å². The third-order valence-electron chi connectivity index (χ3n) is 4.48. The standard InChI is InChI=1S/C21H27N5O/c1-5-6-7-18-23-19-20(17(12-14(2)3)24-25-21(19)22)26(18)13-15-8-10-16(27-4)11-9-15/h8-12H,5-7,13H2,1-4H3,(H2,22,25). The summed E-state index contributed by atoms with van der Waals surface area (Å²) >= 11 is 0. The number of anilines is 1. The Morgan fingerprint density at radius 3 is 2.56 bits per heavy atom. The van der Waals surface area contributed by atoms with E-state index in [9.17, 15) is 0 Å². The first-order valence-corrected chi connectivity index (χ1v) is 9.32. The van der Waals surface area contributed by atoms with E-state index in [4.69, 9.17) is 15.5 Å². The highest BCUT2D eigenvalue weighted by atomic mass is 16.5. The second kappa shape index (κ2) is 8.20. The second-order valence-corrected chi connectivity index (χ2v) is 6.96. The Kier molecular flexibility index (Phi) is 5.74. The minimum absolute atomic E-state index is 0.377. The second-order valence-electron chi connectivity index (χ2n) is 6.96. The number of imidazole rings is 1. The topological polar surface area (TPSA) is 78.9 Å². The molecule has 0 spiro atoms. The van der Waals surface area contributed by atoms with Crippen molar-refractivity contribution in [1.82, 2.24) is 19.7 Å². The Morgan fingerprint density at radius 2 is 1.93 bits per heavy atom. The summed E-state index contributed by atoms with van der Waals surface area (Å²) in [6, 6.07) is 8.11. The lowest BCUT2D eigenvalue weighted by Gasteiger charge is -2.11. The summed E-state index contributed by atoms with van der Waals surface area (Å²) in [6.45, 7) is 6.98. The van der Waals surface area contributed by atoms with Crippen LogP contribution < -0.4 is 10.5 Å². The fourth-order valence-corrected chi connectivity index (χ4v) is 3.12. The van der Waals surface area contributed by atoms with E-state index >= 15 is 0 Å². The molecule has 0 amide bonds. The summed E-state index contributed by atoms with van der Waals surface area (Å²) in [5, 5.41) is 8.45. The van der Waals surface area contributed by atoms with Crippen molar-refractivity contribution < 1.29 is 4.74 Å². The summed E-state index contributed by atoms with van der Waals surface area (Å²) in [6.07, 6.45) is 5.11. The van der Waals surface area contributed by atoms with Crippen LogP contribution in [0.25, 0.3) is 17.1 Å². The molecule has 0 bridgehead atoms. The first-order valence-electron chi connectivity index (χ1n) is 9.32. The number of hydrogen-bond donors (Lipinski definition) is 1. The van der Waals surface area contributed by atoms with Gasteiger partial charge in [-0.05, 0) is 44.0 Å². The van der Waals surface area contributed by atoms with Crippen molar-refractivity contribution in [1.29, 1.82) is 0 Å². The molecule has 6 heteroatoms. The molecule has 0 aliphatic heterocycles. The first-order chi connectivity index (χ1) is 13.0. The van der Waals surface area contributed by atoms with Gasteiger partial charge in [-0.2, -0.15) is 0 Å².